The van der Waals surface area contributed by atoms with E-state index >= 15 is 0 Å². The van der Waals surface area contributed by atoms with E-state index in [9.17, 15) is 27.6 Å². The zero-order valence-corrected chi connectivity index (χ0v) is 21.1. The van der Waals surface area contributed by atoms with Gasteiger partial charge in [0.15, 0.2) is 0 Å². The summed E-state index contributed by atoms with van der Waals surface area (Å²) in [4.78, 5) is 45.6. The van der Waals surface area contributed by atoms with Crippen LogP contribution in [0.4, 0.5) is 29.3 Å². The van der Waals surface area contributed by atoms with E-state index in [4.69, 9.17) is 11.6 Å². The first-order valence-electron chi connectivity index (χ1n) is 10.9. The number of nitrogens with one attached hydrogen (secondary N) is 1. The maximum Gasteiger partial charge on any atom is 0.446 e. The number of amides is 4. The van der Waals surface area contributed by atoms with Gasteiger partial charge in [-0.2, -0.15) is 13.2 Å². The van der Waals surface area contributed by atoms with Gasteiger partial charge < -0.3 is 10.2 Å². The molecule has 0 bridgehead atoms. The highest BCUT2D eigenvalue weighted by Gasteiger charge is 2.52. The van der Waals surface area contributed by atoms with Crippen LogP contribution >= 0.6 is 23.4 Å². The number of alkyl halides is 3. The SMILES string of the molecule is CC1(C)C(=O)N(c2ccc(SC(F)(F)F)cc2)C(=O)N1Cc1ccncc1NC(=O)c1ccc(Cl)cc1. The number of thioether (sulfide) groups is 1. The van der Waals surface area contributed by atoms with Gasteiger partial charge in [0.2, 0.25) is 0 Å². The normalized spacial score (nSPS) is 15.3. The Hall–Kier alpha value is -3.57. The van der Waals surface area contributed by atoms with E-state index in [0.717, 1.165) is 4.90 Å². The van der Waals surface area contributed by atoms with Crippen LogP contribution in [0.15, 0.2) is 71.9 Å². The molecule has 4 amide bonds. The van der Waals surface area contributed by atoms with E-state index in [2.05, 4.69) is 10.3 Å². The van der Waals surface area contributed by atoms with Crippen molar-refractivity contribution in [3.8, 4) is 0 Å². The van der Waals surface area contributed by atoms with Gasteiger partial charge >= 0.3 is 11.5 Å². The number of nitrogens with zero attached hydrogens (tertiary/aromatic N) is 3. The number of carbonyl (C=O) groups excluding carboxylic acids is 3. The zero-order valence-electron chi connectivity index (χ0n) is 19.5. The lowest BCUT2D eigenvalue weighted by atomic mass is 10.0. The number of pyridine rings is 1. The number of carbonyl (C=O) groups is 3. The molecule has 1 saturated heterocycles. The van der Waals surface area contributed by atoms with Gasteiger partial charge in [0.1, 0.15) is 5.54 Å². The van der Waals surface area contributed by atoms with Crippen LogP contribution in [0, 0.1) is 0 Å². The fourth-order valence-electron chi connectivity index (χ4n) is 3.77. The van der Waals surface area contributed by atoms with Crippen LogP contribution in [-0.4, -0.2) is 38.8 Å². The molecule has 12 heteroatoms. The summed E-state index contributed by atoms with van der Waals surface area (Å²) < 4.78 is 38.0. The molecule has 1 aliphatic rings. The standard InChI is InChI=1S/C25H20ClF3N4O3S/c1-24(2)22(35)33(18-7-9-19(10-8-18)37-25(27,28)29)23(36)32(24)14-16-11-12-30-13-20(16)31-21(34)15-3-5-17(26)6-4-15/h3-13H,14H2,1-2H3,(H,31,34). The average Bonchev–Trinajstić information content (AvgIpc) is 2.99. The Morgan fingerprint density at radius 3 is 2.32 bits per heavy atom. The third-order valence-electron chi connectivity index (χ3n) is 5.75. The van der Waals surface area contributed by atoms with Crippen LogP contribution in [0.5, 0.6) is 0 Å². The molecule has 1 N–H and O–H groups in total. The van der Waals surface area contributed by atoms with Crippen LogP contribution in [0.25, 0.3) is 0 Å². The van der Waals surface area contributed by atoms with Crippen molar-refractivity contribution in [1.29, 1.82) is 0 Å². The predicted molar refractivity (Wildman–Crippen MR) is 135 cm³/mol. The fourth-order valence-corrected chi connectivity index (χ4v) is 4.43. The Kier molecular flexibility index (Phi) is 7.20. The molecule has 7 nitrogen and oxygen atoms in total. The van der Waals surface area contributed by atoms with Crippen molar-refractivity contribution in [3.05, 3.63) is 83.1 Å². The highest BCUT2D eigenvalue weighted by Crippen LogP contribution is 2.39. The second-order valence-corrected chi connectivity index (χ2v) is 10.2. The third kappa shape index (κ3) is 5.72. The Labute approximate surface area is 219 Å². The molecule has 1 aromatic heterocycles. The van der Waals surface area contributed by atoms with E-state index in [1.165, 1.54) is 41.6 Å². The maximum atomic E-state index is 13.4. The number of rotatable bonds is 6. The molecule has 0 aliphatic carbocycles. The topological polar surface area (TPSA) is 82.6 Å². The molecule has 1 aliphatic heterocycles. The summed E-state index contributed by atoms with van der Waals surface area (Å²) in [5.74, 6) is -0.943. The number of imide groups is 1. The van der Waals surface area contributed by atoms with Crippen molar-refractivity contribution in [2.45, 2.75) is 36.3 Å². The molecular weight excluding hydrogens is 529 g/mol. The first-order chi connectivity index (χ1) is 17.4. The minimum absolute atomic E-state index is 0.0329. The van der Waals surface area contributed by atoms with E-state index in [1.807, 2.05) is 0 Å². The molecule has 1 fully saturated rings. The minimum Gasteiger partial charge on any atom is -0.320 e. The summed E-state index contributed by atoms with van der Waals surface area (Å²) in [7, 11) is 0. The molecule has 4 rings (SSSR count). The van der Waals surface area contributed by atoms with Gasteiger partial charge in [-0.1, -0.05) is 11.6 Å². The van der Waals surface area contributed by atoms with Gasteiger partial charge in [-0.05, 0) is 85.8 Å². The van der Waals surface area contributed by atoms with E-state index in [0.29, 0.717) is 21.8 Å². The summed E-state index contributed by atoms with van der Waals surface area (Å²) in [5.41, 5.74) is -4.31. The molecule has 3 aromatic rings. The highest BCUT2D eigenvalue weighted by atomic mass is 35.5. The lowest BCUT2D eigenvalue weighted by Gasteiger charge is -2.28. The third-order valence-corrected chi connectivity index (χ3v) is 6.74. The zero-order chi connectivity index (χ0) is 27.0. The number of hydrogen-bond acceptors (Lipinski definition) is 5. The largest absolute Gasteiger partial charge is 0.446 e. The van der Waals surface area contributed by atoms with Gasteiger partial charge in [0.25, 0.3) is 11.8 Å². The molecule has 37 heavy (non-hydrogen) atoms. The van der Waals surface area contributed by atoms with Crippen molar-refractivity contribution in [2.75, 3.05) is 10.2 Å². The molecule has 0 atom stereocenters. The van der Waals surface area contributed by atoms with Crippen molar-refractivity contribution < 1.29 is 27.6 Å². The van der Waals surface area contributed by atoms with Crippen molar-refractivity contribution >= 4 is 52.6 Å². The van der Waals surface area contributed by atoms with Crippen LogP contribution in [0.1, 0.15) is 29.8 Å². The molecule has 0 unspecified atom stereocenters. The second kappa shape index (κ2) is 10.1. The van der Waals surface area contributed by atoms with Crippen LogP contribution < -0.4 is 10.2 Å². The summed E-state index contributed by atoms with van der Waals surface area (Å²) in [5, 5.41) is 3.25. The summed E-state index contributed by atoms with van der Waals surface area (Å²) in [6.45, 7) is 3.12. The number of hydrogen-bond donors (Lipinski definition) is 1. The minimum atomic E-state index is -4.45. The Morgan fingerprint density at radius 1 is 1.05 bits per heavy atom. The predicted octanol–water partition coefficient (Wildman–Crippen LogP) is 6.35. The second-order valence-electron chi connectivity index (χ2n) is 8.60. The summed E-state index contributed by atoms with van der Waals surface area (Å²) >= 11 is 5.60. The highest BCUT2D eigenvalue weighted by molar-refractivity contribution is 8.00. The van der Waals surface area contributed by atoms with E-state index in [1.54, 1.807) is 44.2 Å². The molecule has 2 aromatic carbocycles. The number of aromatic nitrogens is 1. The Morgan fingerprint density at radius 2 is 1.70 bits per heavy atom. The van der Waals surface area contributed by atoms with Crippen molar-refractivity contribution in [2.24, 2.45) is 0 Å². The lowest BCUT2D eigenvalue weighted by molar-refractivity contribution is -0.123. The number of halogens is 4. The first-order valence-corrected chi connectivity index (χ1v) is 12.1. The molecule has 0 spiro atoms. The van der Waals surface area contributed by atoms with Gasteiger partial charge in [-0.25, -0.2) is 9.69 Å². The first kappa shape index (κ1) is 26.5. The summed E-state index contributed by atoms with van der Waals surface area (Å²) in [6.07, 6.45) is 2.94. The Balaban J connectivity index is 1.56. The van der Waals surface area contributed by atoms with Gasteiger partial charge in [-0.15, -0.1) is 0 Å². The molecular formula is C25H20ClF3N4O3S. The fraction of sp³-hybridized carbons (Fsp3) is 0.200. The van der Waals surface area contributed by atoms with Gasteiger partial charge in [0, 0.05) is 21.7 Å². The van der Waals surface area contributed by atoms with E-state index < -0.39 is 28.9 Å². The van der Waals surface area contributed by atoms with Crippen LogP contribution in [0.2, 0.25) is 5.02 Å². The monoisotopic (exact) mass is 548 g/mol. The maximum absolute atomic E-state index is 13.4. The quantitative estimate of drug-likeness (QED) is 0.287. The average molecular weight is 549 g/mol. The number of urea groups is 1. The van der Waals surface area contributed by atoms with E-state index in [-0.39, 0.29) is 28.9 Å². The molecule has 2 heterocycles. The number of benzene rings is 2. The molecule has 0 saturated carbocycles. The summed E-state index contributed by atoms with van der Waals surface area (Å²) in [6, 6.07) is 12.3. The van der Waals surface area contributed by atoms with Gasteiger partial charge in [0.05, 0.1) is 24.1 Å². The Bertz CT molecular complexity index is 1350. The van der Waals surface area contributed by atoms with Crippen LogP contribution in [0.3, 0.4) is 0 Å². The van der Waals surface area contributed by atoms with Crippen molar-refractivity contribution in [3.63, 3.8) is 0 Å². The lowest BCUT2D eigenvalue weighted by Crippen LogP contribution is -2.43. The smallest absolute Gasteiger partial charge is 0.320 e. The number of anilines is 2. The van der Waals surface area contributed by atoms with Crippen molar-refractivity contribution in [1.82, 2.24) is 9.88 Å². The molecule has 192 valence electrons. The van der Waals surface area contributed by atoms with Crippen LogP contribution in [-0.2, 0) is 11.3 Å². The molecule has 0 radical (unpaired) electrons. The van der Waals surface area contributed by atoms with Gasteiger partial charge in [-0.3, -0.25) is 14.6 Å².